The van der Waals surface area contributed by atoms with E-state index in [0.717, 1.165) is 4.90 Å². The summed E-state index contributed by atoms with van der Waals surface area (Å²) in [6.07, 6.45) is 2.17. The second kappa shape index (κ2) is 14.6. The van der Waals surface area contributed by atoms with E-state index in [-0.39, 0.29) is 16.9 Å². The summed E-state index contributed by atoms with van der Waals surface area (Å²) in [5, 5.41) is 9.22. The smallest absolute Gasteiger partial charge is 0.272 e. The van der Waals surface area contributed by atoms with E-state index in [1.54, 1.807) is 97.1 Å². The number of amides is 3. The topological polar surface area (TPSA) is 87.3 Å². The van der Waals surface area contributed by atoms with E-state index in [1.165, 1.54) is 11.8 Å². The standard InChI is InChI=1S/C32H27Cl2N3O3S/c1-2-29(32(40)36-25-11-6-10-24(34)19-25)41-27-13-7-12-26(20-27)35-31(39)28(18-21-14-16-23(33)17-15-21)37-30(38)22-8-4-3-5-9-22/h3-20,29H,2H2,1H3,(H,35,39)(H,36,40)(H,37,38)/b28-18-. The molecule has 0 saturated carbocycles. The molecule has 1 atom stereocenters. The van der Waals surface area contributed by atoms with Crippen LogP contribution < -0.4 is 16.0 Å². The predicted octanol–water partition coefficient (Wildman–Crippen LogP) is 7.91. The first-order chi connectivity index (χ1) is 19.8. The molecule has 4 aromatic carbocycles. The lowest BCUT2D eigenvalue weighted by Gasteiger charge is -2.16. The molecule has 208 valence electrons. The molecule has 0 spiro atoms. The molecular formula is C32H27Cl2N3O3S. The molecule has 0 aromatic heterocycles. The number of hydrogen-bond donors (Lipinski definition) is 3. The minimum absolute atomic E-state index is 0.0616. The van der Waals surface area contributed by atoms with Crippen molar-refractivity contribution >= 4 is 70.1 Å². The summed E-state index contributed by atoms with van der Waals surface area (Å²) in [7, 11) is 0. The molecule has 6 nitrogen and oxygen atoms in total. The van der Waals surface area contributed by atoms with E-state index >= 15 is 0 Å². The minimum atomic E-state index is -0.503. The number of thioether (sulfide) groups is 1. The van der Waals surface area contributed by atoms with Gasteiger partial charge in [-0.25, -0.2) is 0 Å². The third-order valence-corrected chi connectivity index (χ3v) is 7.68. The second-order valence-corrected chi connectivity index (χ2v) is 11.1. The van der Waals surface area contributed by atoms with Gasteiger partial charge in [-0.2, -0.15) is 0 Å². The average molecular weight is 605 g/mol. The van der Waals surface area contributed by atoms with Crippen LogP contribution in [0.25, 0.3) is 6.08 Å². The molecule has 4 rings (SSSR count). The molecule has 0 aliphatic rings. The molecule has 41 heavy (non-hydrogen) atoms. The molecule has 0 radical (unpaired) electrons. The zero-order chi connectivity index (χ0) is 29.2. The third-order valence-electron chi connectivity index (χ3n) is 5.84. The average Bonchev–Trinajstić information content (AvgIpc) is 2.97. The molecule has 0 fully saturated rings. The van der Waals surface area contributed by atoms with Crippen molar-refractivity contribution < 1.29 is 14.4 Å². The number of carbonyl (C=O) groups is 3. The molecule has 0 saturated heterocycles. The van der Waals surface area contributed by atoms with Crippen LogP contribution in [0.1, 0.15) is 29.3 Å². The Morgan fingerprint density at radius 2 is 1.46 bits per heavy atom. The van der Waals surface area contributed by atoms with E-state index < -0.39 is 11.8 Å². The molecule has 0 heterocycles. The van der Waals surface area contributed by atoms with Gasteiger partial charge in [-0.15, -0.1) is 11.8 Å². The third kappa shape index (κ3) is 8.98. The van der Waals surface area contributed by atoms with Gasteiger partial charge in [-0.05, 0) is 78.7 Å². The summed E-state index contributed by atoms with van der Waals surface area (Å²) in [5.74, 6) is -1.06. The predicted molar refractivity (Wildman–Crippen MR) is 168 cm³/mol. The molecule has 9 heteroatoms. The normalized spacial score (nSPS) is 11.8. The van der Waals surface area contributed by atoms with Crippen molar-refractivity contribution in [2.45, 2.75) is 23.5 Å². The first kappa shape index (κ1) is 29.9. The maximum Gasteiger partial charge on any atom is 0.272 e. The molecule has 0 aliphatic heterocycles. The quantitative estimate of drug-likeness (QED) is 0.127. The first-order valence-electron chi connectivity index (χ1n) is 12.8. The van der Waals surface area contributed by atoms with Gasteiger partial charge in [0.15, 0.2) is 0 Å². The van der Waals surface area contributed by atoms with Crippen LogP contribution in [0.3, 0.4) is 0 Å². The number of nitrogens with one attached hydrogen (secondary N) is 3. The largest absolute Gasteiger partial charge is 0.325 e. The van der Waals surface area contributed by atoms with Crippen molar-refractivity contribution in [2.75, 3.05) is 10.6 Å². The van der Waals surface area contributed by atoms with Crippen LogP contribution in [0.4, 0.5) is 11.4 Å². The monoisotopic (exact) mass is 603 g/mol. The highest BCUT2D eigenvalue weighted by Gasteiger charge is 2.19. The molecule has 0 aliphatic carbocycles. The van der Waals surface area contributed by atoms with Gasteiger partial charge in [0.1, 0.15) is 5.70 Å². The number of anilines is 2. The fraction of sp³-hybridized carbons (Fsp3) is 0.0938. The van der Waals surface area contributed by atoms with E-state index in [4.69, 9.17) is 23.2 Å². The minimum Gasteiger partial charge on any atom is -0.325 e. The Morgan fingerprint density at radius 3 is 2.15 bits per heavy atom. The lowest BCUT2D eigenvalue weighted by atomic mass is 10.1. The molecule has 4 aromatic rings. The summed E-state index contributed by atoms with van der Waals surface area (Å²) in [4.78, 5) is 40.0. The first-order valence-corrected chi connectivity index (χ1v) is 14.4. The van der Waals surface area contributed by atoms with Gasteiger partial charge in [0.25, 0.3) is 11.8 Å². The second-order valence-electron chi connectivity index (χ2n) is 8.93. The summed E-state index contributed by atoms with van der Waals surface area (Å²) in [6, 6.07) is 29.7. The Morgan fingerprint density at radius 1 is 0.780 bits per heavy atom. The van der Waals surface area contributed by atoms with Crippen molar-refractivity contribution in [1.82, 2.24) is 5.32 Å². The number of rotatable bonds is 10. The van der Waals surface area contributed by atoms with Crippen molar-refractivity contribution in [1.29, 1.82) is 0 Å². The lowest BCUT2D eigenvalue weighted by molar-refractivity contribution is -0.116. The fourth-order valence-electron chi connectivity index (χ4n) is 3.79. The lowest BCUT2D eigenvalue weighted by Crippen LogP contribution is -2.30. The Bertz CT molecular complexity index is 1560. The summed E-state index contributed by atoms with van der Waals surface area (Å²) in [6.45, 7) is 1.93. The zero-order valence-electron chi connectivity index (χ0n) is 22.1. The van der Waals surface area contributed by atoms with Crippen LogP contribution in [0.15, 0.2) is 114 Å². The maximum atomic E-state index is 13.4. The van der Waals surface area contributed by atoms with Crippen LogP contribution >= 0.6 is 35.0 Å². The van der Waals surface area contributed by atoms with Crippen molar-refractivity contribution in [3.63, 3.8) is 0 Å². The molecule has 3 amide bonds. The highest BCUT2D eigenvalue weighted by atomic mass is 35.5. The van der Waals surface area contributed by atoms with Crippen LogP contribution in [0, 0.1) is 0 Å². The van der Waals surface area contributed by atoms with Crippen molar-refractivity contribution in [3.8, 4) is 0 Å². The van der Waals surface area contributed by atoms with E-state index in [9.17, 15) is 14.4 Å². The number of benzene rings is 4. The van der Waals surface area contributed by atoms with Crippen LogP contribution in [-0.4, -0.2) is 23.0 Å². The fourth-order valence-corrected chi connectivity index (χ4v) is 5.12. The highest BCUT2D eigenvalue weighted by molar-refractivity contribution is 8.00. The van der Waals surface area contributed by atoms with Crippen molar-refractivity contribution in [2.24, 2.45) is 0 Å². The van der Waals surface area contributed by atoms with Gasteiger partial charge in [0, 0.05) is 31.9 Å². The van der Waals surface area contributed by atoms with Gasteiger partial charge in [-0.1, -0.05) is 72.6 Å². The van der Waals surface area contributed by atoms with Gasteiger partial charge in [0.2, 0.25) is 5.91 Å². The molecule has 1 unspecified atom stereocenters. The van der Waals surface area contributed by atoms with E-state index in [1.807, 2.05) is 19.1 Å². The molecule has 3 N–H and O–H groups in total. The van der Waals surface area contributed by atoms with E-state index in [0.29, 0.717) is 39.0 Å². The molecule has 0 bridgehead atoms. The van der Waals surface area contributed by atoms with Crippen LogP contribution in [-0.2, 0) is 9.59 Å². The number of hydrogen-bond acceptors (Lipinski definition) is 4. The summed E-state index contributed by atoms with van der Waals surface area (Å²) in [5.41, 5.74) is 2.31. The summed E-state index contributed by atoms with van der Waals surface area (Å²) < 4.78 is 0. The van der Waals surface area contributed by atoms with Crippen molar-refractivity contribution in [3.05, 3.63) is 130 Å². The Balaban J connectivity index is 1.49. The number of carbonyl (C=O) groups excluding carboxylic acids is 3. The number of halogens is 2. The Hall–Kier alpha value is -4.04. The van der Waals surface area contributed by atoms with Gasteiger partial charge >= 0.3 is 0 Å². The van der Waals surface area contributed by atoms with Crippen LogP contribution in [0.5, 0.6) is 0 Å². The molecular weight excluding hydrogens is 577 g/mol. The van der Waals surface area contributed by atoms with Gasteiger partial charge < -0.3 is 16.0 Å². The van der Waals surface area contributed by atoms with Gasteiger partial charge in [-0.3, -0.25) is 14.4 Å². The van der Waals surface area contributed by atoms with Gasteiger partial charge in [0.05, 0.1) is 5.25 Å². The zero-order valence-corrected chi connectivity index (χ0v) is 24.4. The SMILES string of the molecule is CCC(Sc1cccc(NC(=O)/C(=C/c2ccc(Cl)cc2)NC(=O)c2ccccc2)c1)C(=O)Nc1cccc(Cl)c1. The summed E-state index contributed by atoms with van der Waals surface area (Å²) >= 11 is 13.4. The highest BCUT2D eigenvalue weighted by Crippen LogP contribution is 2.29. The Kier molecular flexibility index (Phi) is 10.6. The van der Waals surface area contributed by atoms with E-state index in [2.05, 4.69) is 16.0 Å². The maximum absolute atomic E-state index is 13.4. The van der Waals surface area contributed by atoms with Crippen LogP contribution in [0.2, 0.25) is 10.0 Å². The Labute approximate surface area is 253 Å².